The van der Waals surface area contributed by atoms with Crippen LogP contribution in [0.4, 0.5) is 18.9 Å². The van der Waals surface area contributed by atoms with E-state index in [4.69, 9.17) is 0 Å². The lowest BCUT2D eigenvalue weighted by molar-refractivity contribution is 0.101. The Labute approximate surface area is 195 Å². The summed E-state index contributed by atoms with van der Waals surface area (Å²) in [6.45, 7) is 0. The largest absolute Gasteiger partial charge is 0.319 e. The van der Waals surface area contributed by atoms with Crippen molar-refractivity contribution in [2.24, 2.45) is 0 Å². The number of aromatic nitrogens is 4. The van der Waals surface area contributed by atoms with E-state index in [9.17, 15) is 18.4 Å². The molecule has 0 unspecified atom stereocenters. The van der Waals surface area contributed by atoms with E-state index in [0.29, 0.717) is 22.3 Å². The molecule has 0 bridgehead atoms. The van der Waals surface area contributed by atoms with E-state index >= 15 is 4.39 Å². The predicted molar refractivity (Wildman–Crippen MR) is 121 cm³/mol. The van der Waals surface area contributed by atoms with E-state index in [2.05, 4.69) is 25.5 Å². The van der Waals surface area contributed by atoms with Crippen molar-refractivity contribution < 1.29 is 22.8 Å². The van der Waals surface area contributed by atoms with Crippen LogP contribution in [0.5, 0.6) is 0 Å². The molecule has 1 amide bonds. The number of rotatable bonds is 5. The number of hydrogen-bond donors (Lipinski definition) is 2. The van der Waals surface area contributed by atoms with E-state index in [-0.39, 0.29) is 11.1 Å². The number of carbonyl (C=O) groups excluding carboxylic acids is 2. The highest BCUT2D eigenvalue weighted by atomic mass is 19.1. The SMILES string of the molecule is O=C(Nc1ccc(F)c(C(=O)c2ccc3ncc(-c4cn[nH]c4)nc3c2)c1F)c1cccc(F)c1. The lowest BCUT2D eigenvalue weighted by Gasteiger charge is -2.11. The molecule has 0 aliphatic rings. The van der Waals surface area contributed by atoms with E-state index in [1.165, 1.54) is 30.3 Å². The van der Waals surface area contributed by atoms with Gasteiger partial charge in [0.2, 0.25) is 0 Å². The van der Waals surface area contributed by atoms with E-state index in [1.54, 1.807) is 18.6 Å². The lowest BCUT2D eigenvalue weighted by Crippen LogP contribution is -2.16. The number of fused-ring (bicyclic) bond motifs is 1. The van der Waals surface area contributed by atoms with Gasteiger partial charge in [0.25, 0.3) is 5.91 Å². The summed E-state index contributed by atoms with van der Waals surface area (Å²) in [4.78, 5) is 34.2. The minimum Gasteiger partial charge on any atom is -0.319 e. The van der Waals surface area contributed by atoms with Crippen LogP contribution in [-0.2, 0) is 0 Å². The second kappa shape index (κ2) is 8.82. The summed E-state index contributed by atoms with van der Waals surface area (Å²) in [6.07, 6.45) is 4.72. The Hall–Kier alpha value is -4.86. The summed E-state index contributed by atoms with van der Waals surface area (Å²) < 4.78 is 43.2. The predicted octanol–water partition coefficient (Wildman–Crippen LogP) is 4.92. The van der Waals surface area contributed by atoms with Crippen LogP contribution >= 0.6 is 0 Å². The lowest BCUT2D eigenvalue weighted by atomic mass is 10.0. The molecular formula is C25H14F3N5O2. The molecule has 0 saturated carbocycles. The summed E-state index contributed by atoms with van der Waals surface area (Å²) in [7, 11) is 0. The molecule has 0 radical (unpaired) electrons. The molecule has 0 atom stereocenters. The van der Waals surface area contributed by atoms with Crippen LogP contribution in [0.3, 0.4) is 0 Å². The Kier molecular flexibility index (Phi) is 5.54. The summed E-state index contributed by atoms with van der Waals surface area (Å²) in [5, 5.41) is 8.77. The van der Waals surface area contributed by atoms with Gasteiger partial charge >= 0.3 is 0 Å². The Morgan fingerprint density at radius 1 is 0.886 bits per heavy atom. The van der Waals surface area contributed by atoms with Crippen molar-refractivity contribution in [2.75, 3.05) is 5.32 Å². The minimum absolute atomic E-state index is 0.0254. The number of halogens is 3. The van der Waals surface area contributed by atoms with Gasteiger partial charge in [0.15, 0.2) is 11.6 Å². The van der Waals surface area contributed by atoms with Gasteiger partial charge in [-0.3, -0.25) is 19.7 Å². The van der Waals surface area contributed by atoms with Gasteiger partial charge in [0.1, 0.15) is 11.6 Å². The third-order valence-corrected chi connectivity index (χ3v) is 5.25. The van der Waals surface area contributed by atoms with E-state index in [0.717, 1.165) is 24.3 Å². The maximum atomic E-state index is 15.2. The van der Waals surface area contributed by atoms with E-state index in [1.807, 2.05) is 0 Å². The van der Waals surface area contributed by atoms with Crippen molar-refractivity contribution in [3.63, 3.8) is 0 Å². The Morgan fingerprint density at radius 3 is 2.51 bits per heavy atom. The van der Waals surface area contributed by atoms with Gasteiger partial charge in [0.05, 0.1) is 40.4 Å². The van der Waals surface area contributed by atoms with Crippen molar-refractivity contribution in [1.29, 1.82) is 0 Å². The molecule has 0 spiro atoms. The minimum atomic E-state index is -1.25. The Balaban J connectivity index is 1.49. The quantitative estimate of drug-likeness (QED) is 0.353. The number of amides is 1. The normalized spacial score (nSPS) is 10.9. The fraction of sp³-hybridized carbons (Fsp3) is 0. The molecule has 2 heterocycles. The van der Waals surface area contributed by atoms with E-state index < -0.39 is 40.4 Å². The summed E-state index contributed by atoms with van der Waals surface area (Å²) >= 11 is 0. The first-order valence-electron chi connectivity index (χ1n) is 10.3. The number of nitrogens with one attached hydrogen (secondary N) is 2. The highest BCUT2D eigenvalue weighted by molar-refractivity contribution is 6.12. The zero-order valence-corrected chi connectivity index (χ0v) is 17.7. The van der Waals surface area contributed by atoms with Crippen molar-refractivity contribution >= 4 is 28.4 Å². The standard InChI is InChI=1S/C25H14F3N5O2/c26-16-3-1-2-14(8-16)25(35)33-19-7-5-17(27)22(23(19)28)24(34)13-4-6-18-20(9-13)32-21(12-29-18)15-10-30-31-11-15/h1-12H,(H,30,31)(H,33,35). The van der Waals surface area contributed by atoms with Crippen molar-refractivity contribution in [1.82, 2.24) is 20.2 Å². The van der Waals surface area contributed by atoms with Gasteiger partial charge < -0.3 is 5.32 Å². The number of nitrogens with zero attached hydrogens (tertiary/aromatic N) is 3. The molecule has 5 aromatic rings. The summed E-state index contributed by atoms with van der Waals surface area (Å²) in [6, 6.07) is 10.9. The zero-order valence-electron chi connectivity index (χ0n) is 17.7. The number of ketones is 1. The van der Waals surface area contributed by atoms with Crippen LogP contribution in [0.25, 0.3) is 22.3 Å². The van der Waals surface area contributed by atoms with Gasteiger partial charge in [-0.15, -0.1) is 0 Å². The van der Waals surface area contributed by atoms with Crippen molar-refractivity contribution in [3.05, 3.63) is 107 Å². The fourth-order valence-corrected chi connectivity index (χ4v) is 3.51. The first kappa shape index (κ1) is 22.0. The average molecular weight is 473 g/mol. The third kappa shape index (κ3) is 4.24. The van der Waals surface area contributed by atoms with Crippen LogP contribution in [0.1, 0.15) is 26.3 Å². The van der Waals surface area contributed by atoms with Gasteiger partial charge in [-0.05, 0) is 48.5 Å². The number of hydrogen-bond acceptors (Lipinski definition) is 5. The van der Waals surface area contributed by atoms with Gasteiger partial charge in [0, 0.05) is 22.9 Å². The number of carbonyl (C=O) groups is 2. The topological polar surface area (TPSA) is 101 Å². The van der Waals surface area contributed by atoms with Crippen molar-refractivity contribution in [2.45, 2.75) is 0 Å². The zero-order chi connectivity index (χ0) is 24.5. The second-order valence-electron chi connectivity index (χ2n) is 7.52. The molecular weight excluding hydrogens is 459 g/mol. The molecule has 0 fully saturated rings. The first-order chi connectivity index (χ1) is 16.9. The second-order valence-corrected chi connectivity index (χ2v) is 7.52. The average Bonchev–Trinajstić information content (AvgIpc) is 3.40. The monoisotopic (exact) mass is 473 g/mol. The Bertz CT molecular complexity index is 1600. The molecule has 0 aliphatic heterocycles. The van der Waals surface area contributed by atoms with Crippen LogP contribution in [0.15, 0.2) is 73.2 Å². The van der Waals surface area contributed by atoms with Crippen LogP contribution in [0, 0.1) is 17.5 Å². The summed E-state index contributed by atoms with van der Waals surface area (Å²) in [5.41, 5.74) is 0.625. The Morgan fingerprint density at radius 2 is 1.74 bits per heavy atom. The number of H-pyrrole nitrogens is 1. The highest BCUT2D eigenvalue weighted by Gasteiger charge is 2.23. The molecule has 0 saturated heterocycles. The molecule has 7 nitrogen and oxygen atoms in total. The molecule has 35 heavy (non-hydrogen) atoms. The number of benzene rings is 3. The van der Waals surface area contributed by atoms with Gasteiger partial charge in [-0.25, -0.2) is 18.2 Å². The molecule has 0 aliphatic carbocycles. The molecule has 3 aromatic carbocycles. The van der Waals surface area contributed by atoms with Crippen LogP contribution in [0.2, 0.25) is 0 Å². The third-order valence-electron chi connectivity index (χ3n) is 5.25. The molecule has 5 rings (SSSR count). The first-order valence-corrected chi connectivity index (χ1v) is 10.3. The van der Waals surface area contributed by atoms with Crippen molar-refractivity contribution in [3.8, 4) is 11.3 Å². The number of aromatic amines is 1. The molecule has 10 heteroatoms. The van der Waals surface area contributed by atoms with Crippen LogP contribution in [-0.4, -0.2) is 31.9 Å². The van der Waals surface area contributed by atoms with Gasteiger partial charge in [-0.1, -0.05) is 6.07 Å². The van der Waals surface area contributed by atoms with Crippen LogP contribution < -0.4 is 5.32 Å². The fourth-order valence-electron chi connectivity index (χ4n) is 3.51. The molecule has 172 valence electrons. The maximum absolute atomic E-state index is 15.2. The molecule has 2 aromatic heterocycles. The highest BCUT2D eigenvalue weighted by Crippen LogP contribution is 2.26. The maximum Gasteiger partial charge on any atom is 0.255 e. The number of anilines is 1. The smallest absolute Gasteiger partial charge is 0.255 e. The summed E-state index contributed by atoms with van der Waals surface area (Å²) in [5.74, 6) is -4.77. The van der Waals surface area contributed by atoms with Gasteiger partial charge in [-0.2, -0.15) is 5.10 Å². The molecule has 2 N–H and O–H groups in total.